The topological polar surface area (TPSA) is 115 Å². The van der Waals surface area contributed by atoms with E-state index in [1.165, 1.54) is 0 Å². The molecule has 4 aliphatic carbocycles. The number of hydrogen-bond donors (Lipinski definition) is 4. The van der Waals surface area contributed by atoms with Crippen molar-refractivity contribution in [3.63, 3.8) is 0 Å². The zero-order chi connectivity index (χ0) is 20.5. The molecule has 4 saturated carbocycles. The Morgan fingerprint density at radius 2 is 1.64 bits per heavy atom. The molecule has 0 aromatic heterocycles. The second-order valence-electron chi connectivity index (χ2n) is 10.4. The second kappa shape index (κ2) is 6.30. The second-order valence-corrected chi connectivity index (χ2v) is 10.4. The lowest BCUT2D eigenvalue weighted by Crippen LogP contribution is -2.62. The summed E-state index contributed by atoms with van der Waals surface area (Å²) >= 11 is 0. The molecule has 4 rings (SSSR count). The van der Waals surface area contributed by atoms with Gasteiger partial charge in [-0.15, -0.1) is 0 Å². The fraction of sp³-hybridized carbons (Fsp3) is 0.818. The van der Waals surface area contributed by atoms with Crippen molar-refractivity contribution < 1.29 is 30.0 Å². The average Bonchev–Trinajstić information content (AvgIpc) is 2.73. The normalized spacial score (nSPS) is 46.5. The third-order valence-electron chi connectivity index (χ3n) is 9.10. The number of rotatable bonds is 4. The van der Waals surface area contributed by atoms with Crippen molar-refractivity contribution in [2.45, 2.75) is 76.9 Å². The molecule has 4 aliphatic rings. The first-order chi connectivity index (χ1) is 13.0. The number of carboxylic acids is 2. The zero-order valence-electron chi connectivity index (χ0n) is 16.6. The van der Waals surface area contributed by atoms with E-state index in [1.807, 2.05) is 0 Å². The Morgan fingerprint density at radius 1 is 1.00 bits per heavy atom. The fourth-order valence-corrected chi connectivity index (χ4v) is 8.49. The van der Waals surface area contributed by atoms with Gasteiger partial charge in [-0.2, -0.15) is 0 Å². The molecule has 0 aromatic carbocycles. The highest BCUT2D eigenvalue weighted by atomic mass is 16.4. The van der Waals surface area contributed by atoms with E-state index in [0.29, 0.717) is 18.8 Å². The predicted octanol–water partition coefficient (Wildman–Crippen LogP) is 2.83. The molecule has 0 aliphatic heterocycles. The van der Waals surface area contributed by atoms with Gasteiger partial charge in [0.1, 0.15) is 0 Å². The molecule has 1 spiro atoms. The highest BCUT2D eigenvalue weighted by Crippen LogP contribution is 2.72. The minimum Gasteiger partial charge on any atom is -0.481 e. The first kappa shape index (κ1) is 19.9. The number of fused-ring (bicyclic) bond motifs is 3. The molecule has 4 fully saturated rings. The van der Waals surface area contributed by atoms with Crippen LogP contribution in [0.25, 0.3) is 0 Å². The van der Waals surface area contributed by atoms with Gasteiger partial charge in [-0.3, -0.25) is 9.59 Å². The van der Waals surface area contributed by atoms with E-state index in [0.717, 1.165) is 31.3 Å². The molecule has 28 heavy (non-hydrogen) atoms. The van der Waals surface area contributed by atoms with E-state index in [2.05, 4.69) is 13.5 Å². The highest BCUT2D eigenvalue weighted by Gasteiger charge is 2.68. The first-order valence-electron chi connectivity index (χ1n) is 10.5. The highest BCUT2D eigenvalue weighted by molar-refractivity contribution is 5.72. The molecule has 0 aromatic rings. The van der Waals surface area contributed by atoms with Gasteiger partial charge in [-0.1, -0.05) is 13.5 Å². The Bertz CT molecular complexity index is 700. The van der Waals surface area contributed by atoms with E-state index in [9.17, 15) is 30.0 Å². The van der Waals surface area contributed by atoms with Crippen molar-refractivity contribution in [3.05, 3.63) is 12.2 Å². The fourth-order valence-electron chi connectivity index (χ4n) is 8.49. The molecule has 6 heteroatoms. The maximum Gasteiger partial charge on any atom is 0.303 e. The lowest BCUT2D eigenvalue weighted by Gasteiger charge is -2.65. The van der Waals surface area contributed by atoms with Crippen LogP contribution in [0.4, 0.5) is 0 Å². The molecular weight excluding hydrogens is 360 g/mol. The summed E-state index contributed by atoms with van der Waals surface area (Å²) < 4.78 is 0. The van der Waals surface area contributed by atoms with Crippen molar-refractivity contribution in [2.24, 2.45) is 34.0 Å². The maximum absolute atomic E-state index is 11.7. The largest absolute Gasteiger partial charge is 0.481 e. The number of aliphatic carboxylic acids is 2. The molecule has 4 N–H and O–H groups in total. The van der Waals surface area contributed by atoms with E-state index in [4.69, 9.17) is 0 Å². The van der Waals surface area contributed by atoms with Crippen molar-refractivity contribution in [2.75, 3.05) is 0 Å². The minimum atomic E-state index is -1.00. The molecule has 0 amide bonds. The summed E-state index contributed by atoms with van der Waals surface area (Å²) in [6.07, 6.45) is 3.36. The first-order valence-corrected chi connectivity index (χ1v) is 10.5. The lowest BCUT2D eigenvalue weighted by atomic mass is 9.39. The van der Waals surface area contributed by atoms with E-state index in [1.54, 1.807) is 0 Å². The van der Waals surface area contributed by atoms with Crippen LogP contribution in [-0.4, -0.2) is 44.6 Å². The molecule has 156 valence electrons. The third kappa shape index (κ3) is 2.60. The maximum atomic E-state index is 11.7. The van der Waals surface area contributed by atoms with Crippen molar-refractivity contribution in [3.8, 4) is 0 Å². The predicted molar refractivity (Wildman–Crippen MR) is 101 cm³/mol. The number of aliphatic hydroxyl groups is 2. The number of carboxylic acid groups (broad SMARTS) is 2. The third-order valence-corrected chi connectivity index (χ3v) is 9.10. The summed E-state index contributed by atoms with van der Waals surface area (Å²) in [6.45, 7) is 6.28. The number of hydrogen-bond acceptors (Lipinski definition) is 4. The van der Waals surface area contributed by atoms with Crippen LogP contribution in [0.5, 0.6) is 0 Å². The summed E-state index contributed by atoms with van der Waals surface area (Å²) in [5.41, 5.74) is -0.635. The van der Waals surface area contributed by atoms with Crippen LogP contribution < -0.4 is 0 Å². The van der Waals surface area contributed by atoms with Crippen LogP contribution in [-0.2, 0) is 9.59 Å². The van der Waals surface area contributed by atoms with Gasteiger partial charge < -0.3 is 20.4 Å². The lowest BCUT2D eigenvalue weighted by molar-refractivity contribution is -0.204. The van der Waals surface area contributed by atoms with Crippen LogP contribution >= 0.6 is 0 Å². The Kier molecular flexibility index (Phi) is 4.47. The molecule has 0 heterocycles. The Labute approximate surface area is 165 Å². The average molecular weight is 392 g/mol. The summed E-state index contributed by atoms with van der Waals surface area (Å²) in [5, 5.41) is 41.1. The molecule has 0 unspecified atom stereocenters. The molecule has 0 saturated heterocycles. The van der Waals surface area contributed by atoms with Gasteiger partial charge in [-0.25, -0.2) is 0 Å². The smallest absolute Gasteiger partial charge is 0.303 e. The van der Waals surface area contributed by atoms with Crippen molar-refractivity contribution in [1.29, 1.82) is 0 Å². The molecular formula is C22H32O6. The van der Waals surface area contributed by atoms with Gasteiger partial charge in [0.2, 0.25) is 0 Å². The summed E-state index contributed by atoms with van der Waals surface area (Å²) in [4.78, 5) is 23.4. The van der Waals surface area contributed by atoms with Gasteiger partial charge in [-0.05, 0) is 79.1 Å². The van der Waals surface area contributed by atoms with Gasteiger partial charge in [0.05, 0.1) is 25.0 Å². The van der Waals surface area contributed by atoms with Gasteiger partial charge in [0.15, 0.2) is 0 Å². The van der Waals surface area contributed by atoms with E-state index in [-0.39, 0.29) is 41.9 Å². The van der Waals surface area contributed by atoms with E-state index < -0.39 is 29.6 Å². The monoisotopic (exact) mass is 392 g/mol. The van der Waals surface area contributed by atoms with Gasteiger partial charge in [0.25, 0.3) is 0 Å². The molecule has 7 atom stereocenters. The van der Waals surface area contributed by atoms with Crippen LogP contribution in [0, 0.1) is 34.0 Å². The van der Waals surface area contributed by atoms with Gasteiger partial charge >= 0.3 is 11.9 Å². The Morgan fingerprint density at radius 3 is 2.25 bits per heavy atom. The quantitative estimate of drug-likeness (QED) is 0.547. The molecule has 2 bridgehead atoms. The Balaban J connectivity index is 1.79. The summed E-state index contributed by atoms with van der Waals surface area (Å²) in [6, 6.07) is 0. The van der Waals surface area contributed by atoms with Gasteiger partial charge in [0, 0.05) is 5.41 Å². The standard InChI is InChI=1S/C22H32O6/c1-12-13-3-4-16-20(2)8-14(23)9-21(10-17(24)25,11-18(26)27)15(20)5-6-22(16,7-13)19(12)28/h13-16,19,23,28H,1,3-11H2,2H3,(H,24,25)(H,26,27)/t13-,14+,15+,16+,19+,20-,22-/m1/s1. The van der Waals surface area contributed by atoms with Crippen molar-refractivity contribution in [1.82, 2.24) is 0 Å². The number of carbonyl (C=O) groups is 2. The molecule has 0 radical (unpaired) electrons. The Hall–Kier alpha value is -1.40. The van der Waals surface area contributed by atoms with Crippen LogP contribution in [0.1, 0.15) is 64.7 Å². The van der Waals surface area contributed by atoms with Crippen LogP contribution in [0.2, 0.25) is 0 Å². The molecule has 6 nitrogen and oxygen atoms in total. The zero-order valence-corrected chi connectivity index (χ0v) is 16.6. The van der Waals surface area contributed by atoms with Crippen LogP contribution in [0.3, 0.4) is 0 Å². The summed E-state index contributed by atoms with van der Waals surface area (Å²) in [7, 11) is 0. The minimum absolute atomic E-state index is 0.0798. The van der Waals surface area contributed by atoms with Crippen LogP contribution in [0.15, 0.2) is 12.2 Å². The van der Waals surface area contributed by atoms with Crippen molar-refractivity contribution >= 4 is 11.9 Å². The summed E-state index contributed by atoms with van der Waals surface area (Å²) in [5.74, 6) is -1.58. The SMILES string of the molecule is C=C1[C@@H]2CC[C@H]3[C@]4(C)C[C@H](O)CC(CC(=O)O)(CC(=O)O)[C@H]4CC[C@]3(C2)[C@H]1O. The number of aliphatic hydroxyl groups excluding tert-OH is 2. The van der Waals surface area contributed by atoms with E-state index >= 15 is 0 Å².